The zero-order valence-electron chi connectivity index (χ0n) is 12.3. The van der Waals surface area contributed by atoms with Crippen LogP contribution in [0, 0.1) is 5.41 Å². The number of thioether (sulfide) groups is 1. The van der Waals surface area contributed by atoms with Crippen LogP contribution >= 0.6 is 11.8 Å². The van der Waals surface area contributed by atoms with Gasteiger partial charge in [-0.1, -0.05) is 25.6 Å². The Labute approximate surface area is 123 Å². The Morgan fingerprint density at radius 3 is 2.35 bits per heavy atom. The number of hydrogen-bond donors (Lipinski definition) is 2. The third-order valence-corrected chi connectivity index (χ3v) is 3.50. The molecular weight excluding hydrogens is 280 g/mol. The van der Waals surface area contributed by atoms with Crippen molar-refractivity contribution in [2.45, 2.75) is 51.0 Å². The summed E-state index contributed by atoms with van der Waals surface area (Å²) in [6.45, 7) is 5.33. The van der Waals surface area contributed by atoms with Crippen LogP contribution in [-0.2, 0) is 19.1 Å². The van der Waals surface area contributed by atoms with Crippen molar-refractivity contribution in [3.05, 3.63) is 0 Å². The number of nitrogens with one attached hydrogen (secondary N) is 2. The third-order valence-electron chi connectivity index (χ3n) is 2.52. The molecule has 0 unspecified atom stereocenters. The molecule has 0 aromatic heterocycles. The van der Waals surface area contributed by atoms with Gasteiger partial charge in [0.25, 0.3) is 0 Å². The van der Waals surface area contributed by atoms with Gasteiger partial charge < -0.3 is 15.5 Å². The summed E-state index contributed by atoms with van der Waals surface area (Å²) in [7, 11) is 1.41. The van der Waals surface area contributed by atoms with Crippen LogP contribution in [0.3, 0.4) is 0 Å². The lowest BCUT2D eigenvalue weighted by Gasteiger charge is -2.19. The minimum atomic E-state index is -0.739. The molecule has 7 heteroatoms. The molecule has 0 saturated heterocycles. The van der Waals surface area contributed by atoms with Gasteiger partial charge in [0.15, 0.2) is 5.78 Å². The molecule has 1 amide bonds. The summed E-state index contributed by atoms with van der Waals surface area (Å²) in [4.78, 5) is 34.9. The van der Waals surface area contributed by atoms with Crippen molar-refractivity contribution in [1.29, 1.82) is 5.41 Å². The maximum Gasteiger partial charge on any atom is 0.249 e. The Morgan fingerprint density at radius 2 is 1.90 bits per heavy atom. The average Bonchev–Trinajstić information content (AvgIpc) is 2.40. The number of hydrogen-bond acceptors (Lipinski definition) is 6. The molecule has 20 heavy (non-hydrogen) atoms. The summed E-state index contributed by atoms with van der Waals surface area (Å²) in [6, 6.07) is -0.739. The second-order valence-electron chi connectivity index (χ2n) is 4.57. The highest BCUT2D eigenvalue weighted by Gasteiger charge is 2.24. The number of methoxy groups -OCH3 is 1. The maximum absolute atomic E-state index is 12.0. The monoisotopic (exact) mass is 302 g/mol. The van der Waals surface area contributed by atoms with Crippen LogP contribution in [0.4, 0.5) is 0 Å². The average molecular weight is 302 g/mol. The highest BCUT2D eigenvalue weighted by molar-refractivity contribution is 8.14. The van der Waals surface area contributed by atoms with Crippen molar-refractivity contribution in [2.24, 2.45) is 0 Å². The number of carbonyl (C=O) groups is 3. The molecule has 0 aliphatic rings. The lowest BCUT2D eigenvalue weighted by atomic mass is 10.1. The predicted molar refractivity (Wildman–Crippen MR) is 79.2 cm³/mol. The normalized spacial score (nSPS) is 13.7. The maximum atomic E-state index is 12.0. The third kappa shape index (κ3) is 7.40. The highest BCUT2D eigenvalue weighted by Crippen LogP contribution is 2.16. The van der Waals surface area contributed by atoms with Crippen molar-refractivity contribution in [3.63, 3.8) is 0 Å². The molecule has 0 spiro atoms. The fraction of sp³-hybridized carbons (Fsp3) is 0.692. The van der Waals surface area contributed by atoms with Crippen molar-refractivity contribution < 1.29 is 19.1 Å². The molecule has 0 aromatic rings. The second-order valence-corrected chi connectivity index (χ2v) is 6.15. The van der Waals surface area contributed by atoms with Gasteiger partial charge in [-0.05, 0) is 13.3 Å². The summed E-state index contributed by atoms with van der Waals surface area (Å²) in [5.74, 6) is -0.760. The van der Waals surface area contributed by atoms with Gasteiger partial charge in [0.2, 0.25) is 11.0 Å². The number of Topliss-reactive ketones (excluding diaryl/α,β-unsaturated/α-hetero) is 1. The summed E-state index contributed by atoms with van der Waals surface area (Å²) >= 11 is 1.12. The molecule has 2 N–H and O–H groups in total. The van der Waals surface area contributed by atoms with Gasteiger partial charge in [0.05, 0.1) is 12.3 Å². The van der Waals surface area contributed by atoms with E-state index in [-0.39, 0.29) is 29.0 Å². The van der Waals surface area contributed by atoms with Crippen LogP contribution < -0.4 is 5.32 Å². The fourth-order valence-corrected chi connectivity index (χ4v) is 2.12. The first-order chi connectivity index (χ1) is 9.31. The van der Waals surface area contributed by atoms with Crippen LogP contribution in [-0.4, -0.2) is 47.5 Å². The molecule has 114 valence electrons. The summed E-state index contributed by atoms with van der Waals surface area (Å²) in [5.41, 5.74) is 0. The van der Waals surface area contributed by atoms with E-state index in [0.717, 1.165) is 18.0 Å². The molecule has 6 nitrogen and oxygen atoms in total. The van der Waals surface area contributed by atoms with E-state index in [9.17, 15) is 14.4 Å². The summed E-state index contributed by atoms with van der Waals surface area (Å²) < 4.78 is 4.89. The highest BCUT2D eigenvalue weighted by atomic mass is 32.2. The Balaban J connectivity index is 4.69. The number of ether oxygens (including phenoxy) is 1. The summed E-state index contributed by atoms with van der Waals surface area (Å²) in [5, 5.41) is 9.34. The van der Waals surface area contributed by atoms with Gasteiger partial charge in [-0.2, -0.15) is 0 Å². The van der Waals surface area contributed by atoms with E-state index in [1.54, 1.807) is 6.92 Å². The Hall–Kier alpha value is -1.21. The van der Waals surface area contributed by atoms with E-state index in [4.69, 9.17) is 10.1 Å². The van der Waals surface area contributed by atoms with Crippen molar-refractivity contribution >= 4 is 34.8 Å². The minimum Gasteiger partial charge on any atom is -0.372 e. The zero-order chi connectivity index (χ0) is 15.7. The van der Waals surface area contributed by atoms with E-state index in [2.05, 4.69) is 5.32 Å². The first-order valence-electron chi connectivity index (χ1n) is 6.38. The van der Waals surface area contributed by atoms with Gasteiger partial charge in [0.1, 0.15) is 6.10 Å². The molecule has 0 aromatic carbocycles. The Bertz CT molecular complexity index is 371. The van der Waals surface area contributed by atoms with E-state index < -0.39 is 18.1 Å². The van der Waals surface area contributed by atoms with Gasteiger partial charge in [0, 0.05) is 18.8 Å². The molecule has 0 fully saturated rings. The second kappa shape index (κ2) is 9.66. The lowest BCUT2D eigenvalue weighted by Crippen LogP contribution is -2.45. The Morgan fingerprint density at radius 1 is 1.30 bits per heavy atom. The van der Waals surface area contributed by atoms with E-state index in [0.29, 0.717) is 0 Å². The van der Waals surface area contributed by atoms with E-state index >= 15 is 0 Å². The molecule has 0 radical (unpaired) electrons. The zero-order valence-corrected chi connectivity index (χ0v) is 13.1. The van der Waals surface area contributed by atoms with Crippen LogP contribution in [0.15, 0.2) is 0 Å². The number of ketones is 1. The van der Waals surface area contributed by atoms with Crippen LogP contribution in [0.25, 0.3) is 0 Å². The van der Waals surface area contributed by atoms with Crippen LogP contribution in [0.1, 0.15) is 33.6 Å². The van der Waals surface area contributed by atoms with Gasteiger partial charge in [-0.15, -0.1) is 0 Å². The molecule has 0 heterocycles. The predicted octanol–water partition coefficient (Wildman–Crippen LogP) is 1.17. The topological polar surface area (TPSA) is 96.3 Å². The largest absolute Gasteiger partial charge is 0.372 e. The molecule has 0 rings (SSSR count). The Kier molecular flexibility index (Phi) is 9.07. The molecule has 0 saturated carbocycles. The SMILES string of the molecule is CO[C@@H](C)C(=O)N[C@@H](CCC(=O)C=N)C(=O)SC(C)C. The van der Waals surface area contributed by atoms with Crippen molar-refractivity contribution in [1.82, 2.24) is 5.32 Å². The molecule has 0 aliphatic heterocycles. The number of rotatable bonds is 9. The van der Waals surface area contributed by atoms with E-state index in [1.807, 2.05) is 13.8 Å². The molecule has 0 aliphatic carbocycles. The first kappa shape index (κ1) is 18.8. The van der Waals surface area contributed by atoms with E-state index in [1.165, 1.54) is 7.11 Å². The van der Waals surface area contributed by atoms with Gasteiger partial charge in [-0.25, -0.2) is 0 Å². The number of carbonyl (C=O) groups excluding carboxylic acids is 3. The van der Waals surface area contributed by atoms with Crippen LogP contribution in [0.5, 0.6) is 0 Å². The summed E-state index contributed by atoms with van der Waals surface area (Å²) in [6.07, 6.45) is 0.305. The number of amides is 1. The smallest absolute Gasteiger partial charge is 0.249 e. The fourth-order valence-electron chi connectivity index (χ4n) is 1.32. The van der Waals surface area contributed by atoms with Crippen LogP contribution in [0.2, 0.25) is 0 Å². The minimum absolute atomic E-state index is 0.0558. The molecule has 0 bridgehead atoms. The van der Waals surface area contributed by atoms with Gasteiger partial charge in [-0.3, -0.25) is 14.4 Å². The standard InChI is InChI=1S/C13H22N2O4S/c1-8(2)20-13(18)11(6-5-10(16)7-14)15-12(17)9(3)19-4/h7-9,11,14H,5-6H2,1-4H3,(H,15,17)/t9-,11-/m0/s1. The van der Waals surface area contributed by atoms with Gasteiger partial charge >= 0.3 is 0 Å². The van der Waals surface area contributed by atoms with Crippen molar-refractivity contribution in [3.8, 4) is 0 Å². The quantitative estimate of drug-likeness (QED) is 0.623. The lowest BCUT2D eigenvalue weighted by molar-refractivity contribution is -0.132. The van der Waals surface area contributed by atoms with Crippen molar-refractivity contribution in [2.75, 3.05) is 7.11 Å². The first-order valence-corrected chi connectivity index (χ1v) is 7.26. The molecule has 2 atom stereocenters. The molecular formula is C13H22N2O4S.